The molecule has 3 aromatic rings. The lowest BCUT2D eigenvalue weighted by Crippen LogP contribution is -2.11. The van der Waals surface area contributed by atoms with Crippen molar-refractivity contribution in [1.82, 2.24) is 9.97 Å². The molecule has 1 aromatic heterocycles. The summed E-state index contributed by atoms with van der Waals surface area (Å²) in [6.45, 7) is 1.89. The molecule has 0 unspecified atom stereocenters. The first kappa shape index (κ1) is 21.0. The molecule has 8 nitrogen and oxygen atoms in total. The Morgan fingerprint density at radius 3 is 2.36 bits per heavy atom. The van der Waals surface area contributed by atoms with Crippen molar-refractivity contribution in [2.45, 2.75) is 6.92 Å². The molecule has 0 saturated heterocycles. The quantitative estimate of drug-likeness (QED) is 0.654. The van der Waals surface area contributed by atoms with Crippen LogP contribution in [0, 0.1) is 6.92 Å². The van der Waals surface area contributed by atoms with Crippen LogP contribution in [-0.2, 0) is 4.74 Å². The van der Waals surface area contributed by atoms with Gasteiger partial charge in [0.25, 0.3) is 0 Å². The third kappa shape index (κ3) is 4.34. The zero-order valence-corrected chi connectivity index (χ0v) is 16.7. The predicted molar refractivity (Wildman–Crippen MR) is 110 cm³/mol. The van der Waals surface area contributed by atoms with Crippen LogP contribution in [0.3, 0.4) is 0 Å². The van der Waals surface area contributed by atoms with E-state index in [1.54, 1.807) is 26.4 Å². The van der Waals surface area contributed by atoms with E-state index in [4.69, 9.17) is 9.47 Å². The summed E-state index contributed by atoms with van der Waals surface area (Å²) in [6.07, 6.45) is 0.970. The van der Waals surface area contributed by atoms with E-state index in [0.29, 0.717) is 23.0 Å². The number of aromatic nitrogens is 2. The highest BCUT2D eigenvalue weighted by molar-refractivity contribution is 5.93. The number of fused-ring (bicyclic) bond motifs is 1. The molecule has 1 heterocycles. The third-order valence-electron chi connectivity index (χ3n) is 4.05. The van der Waals surface area contributed by atoms with Crippen molar-refractivity contribution in [2.75, 3.05) is 32.0 Å². The van der Waals surface area contributed by atoms with Crippen molar-refractivity contribution in [2.24, 2.45) is 0 Å². The monoisotopic (exact) mass is 404 g/mol. The molecule has 0 aliphatic heterocycles. The van der Waals surface area contributed by atoms with Crippen molar-refractivity contribution in [3.05, 3.63) is 42.2 Å². The van der Waals surface area contributed by atoms with E-state index >= 15 is 0 Å². The largest absolute Gasteiger partial charge is 0.493 e. The average Bonchev–Trinajstić information content (AvgIpc) is 2.69. The fraction of sp³-hybridized carbons (Fsp3) is 0.211. The van der Waals surface area contributed by atoms with Crippen LogP contribution < -0.4 is 20.1 Å². The van der Waals surface area contributed by atoms with Crippen LogP contribution in [-0.4, -0.2) is 37.4 Å². The van der Waals surface area contributed by atoms with E-state index in [1.165, 1.54) is 13.4 Å². The molecule has 0 atom stereocenters. The summed E-state index contributed by atoms with van der Waals surface area (Å²) < 4.78 is 15.3. The molecular formula is C19H21ClN4O4. The molecule has 148 valence electrons. The maximum atomic E-state index is 11.4. The minimum Gasteiger partial charge on any atom is -0.493 e. The number of methoxy groups -OCH3 is 3. The smallest absolute Gasteiger partial charge is 0.411 e. The number of anilines is 3. The van der Waals surface area contributed by atoms with E-state index in [0.717, 1.165) is 22.2 Å². The van der Waals surface area contributed by atoms with E-state index in [2.05, 4.69) is 25.3 Å². The van der Waals surface area contributed by atoms with Crippen LogP contribution in [0.15, 0.2) is 36.7 Å². The van der Waals surface area contributed by atoms with Crippen LogP contribution in [0.4, 0.5) is 22.0 Å². The number of ether oxygens (including phenoxy) is 3. The van der Waals surface area contributed by atoms with Gasteiger partial charge in [-0.05, 0) is 36.8 Å². The highest BCUT2D eigenvalue weighted by Gasteiger charge is 2.12. The van der Waals surface area contributed by atoms with E-state index in [1.807, 2.05) is 25.1 Å². The van der Waals surface area contributed by atoms with Gasteiger partial charge in [0.1, 0.15) is 12.1 Å². The zero-order valence-electron chi connectivity index (χ0n) is 15.9. The molecule has 0 spiro atoms. The second-order valence-corrected chi connectivity index (χ2v) is 5.72. The van der Waals surface area contributed by atoms with Crippen LogP contribution >= 0.6 is 12.4 Å². The van der Waals surface area contributed by atoms with E-state index in [-0.39, 0.29) is 12.4 Å². The van der Waals surface area contributed by atoms with Crippen LogP contribution in [0.25, 0.3) is 10.9 Å². The molecule has 0 radical (unpaired) electrons. The van der Waals surface area contributed by atoms with Crippen LogP contribution in [0.5, 0.6) is 11.5 Å². The number of hydrogen-bond donors (Lipinski definition) is 2. The second-order valence-electron chi connectivity index (χ2n) is 5.72. The van der Waals surface area contributed by atoms with Crippen LogP contribution in [0.2, 0.25) is 0 Å². The molecular weight excluding hydrogens is 384 g/mol. The number of rotatable bonds is 5. The van der Waals surface area contributed by atoms with Crippen molar-refractivity contribution < 1.29 is 19.0 Å². The van der Waals surface area contributed by atoms with Gasteiger partial charge in [-0.1, -0.05) is 0 Å². The summed E-state index contributed by atoms with van der Waals surface area (Å²) >= 11 is 0. The first-order valence-electron chi connectivity index (χ1n) is 8.15. The Bertz CT molecular complexity index is 997. The van der Waals surface area contributed by atoms with Gasteiger partial charge in [0.05, 0.1) is 26.8 Å². The van der Waals surface area contributed by atoms with Gasteiger partial charge in [-0.3, -0.25) is 5.32 Å². The Morgan fingerprint density at radius 1 is 1.00 bits per heavy atom. The van der Waals surface area contributed by atoms with Crippen LogP contribution in [0.1, 0.15) is 5.56 Å². The lowest BCUT2D eigenvalue weighted by molar-refractivity contribution is 0.187. The number of aryl methyl sites for hydroxylation is 1. The van der Waals surface area contributed by atoms with Gasteiger partial charge >= 0.3 is 6.09 Å². The predicted octanol–water partition coefficient (Wildman–Crippen LogP) is 4.30. The van der Waals surface area contributed by atoms with Crippen molar-refractivity contribution >= 4 is 46.6 Å². The molecule has 0 aliphatic carbocycles. The van der Waals surface area contributed by atoms with Gasteiger partial charge in [0, 0.05) is 22.8 Å². The lowest BCUT2D eigenvalue weighted by atomic mass is 10.1. The SMILES string of the molecule is COC(=O)Nc1ccc(Nc2ncnc3cc(OC)c(OC)cc23)cc1C.Cl. The molecule has 0 bridgehead atoms. The molecule has 3 rings (SSSR count). The lowest BCUT2D eigenvalue weighted by Gasteiger charge is -2.13. The molecule has 2 aromatic carbocycles. The second kappa shape index (κ2) is 9.09. The number of nitrogens with zero attached hydrogens (tertiary/aromatic N) is 2. The third-order valence-corrected chi connectivity index (χ3v) is 4.05. The molecule has 28 heavy (non-hydrogen) atoms. The van der Waals surface area contributed by atoms with E-state index < -0.39 is 6.09 Å². The summed E-state index contributed by atoms with van der Waals surface area (Å²) in [5, 5.41) is 6.74. The highest BCUT2D eigenvalue weighted by atomic mass is 35.5. The van der Waals surface area contributed by atoms with Gasteiger partial charge in [-0.2, -0.15) is 0 Å². The molecule has 0 aliphatic rings. The maximum absolute atomic E-state index is 11.4. The van der Waals surface area contributed by atoms with Gasteiger partial charge in [-0.15, -0.1) is 12.4 Å². The topological polar surface area (TPSA) is 94.6 Å². The fourth-order valence-electron chi connectivity index (χ4n) is 2.66. The Labute approximate surface area is 168 Å². The number of halogens is 1. The average molecular weight is 405 g/mol. The number of hydrogen-bond acceptors (Lipinski definition) is 7. The molecule has 0 saturated carbocycles. The number of nitrogens with one attached hydrogen (secondary N) is 2. The highest BCUT2D eigenvalue weighted by Crippen LogP contribution is 2.34. The van der Waals surface area contributed by atoms with Gasteiger partial charge in [0.2, 0.25) is 0 Å². The number of carbonyl (C=O) groups excluding carboxylic acids is 1. The van der Waals surface area contributed by atoms with Gasteiger partial charge < -0.3 is 19.5 Å². The summed E-state index contributed by atoms with van der Waals surface area (Å²) in [4.78, 5) is 20.0. The van der Waals surface area contributed by atoms with Gasteiger partial charge in [0.15, 0.2) is 11.5 Å². The summed E-state index contributed by atoms with van der Waals surface area (Å²) in [5.74, 6) is 1.83. The standard InChI is InChI=1S/C19H20N4O4.ClH/c1-11-7-12(5-6-14(11)23-19(24)27-4)22-18-13-8-16(25-2)17(26-3)9-15(13)20-10-21-18;/h5-10H,1-4H3,(H,23,24)(H,20,21,22);1H. The number of benzene rings is 2. The molecule has 2 N–H and O–H groups in total. The number of carbonyl (C=O) groups is 1. The Morgan fingerprint density at radius 2 is 1.71 bits per heavy atom. The number of amides is 1. The Balaban J connectivity index is 0.00000280. The fourth-order valence-corrected chi connectivity index (χ4v) is 2.66. The zero-order chi connectivity index (χ0) is 19.4. The summed E-state index contributed by atoms with van der Waals surface area (Å²) in [7, 11) is 4.48. The van der Waals surface area contributed by atoms with E-state index in [9.17, 15) is 4.79 Å². The van der Waals surface area contributed by atoms with Crippen molar-refractivity contribution in [3.63, 3.8) is 0 Å². The molecule has 9 heteroatoms. The molecule has 1 amide bonds. The normalized spacial score (nSPS) is 10.0. The van der Waals surface area contributed by atoms with Gasteiger partial charge in [-0.25, -0.2) is 14.8 Å². The van der Waals surface area contributed by atoms with Crippen molar-refractivity contribution in [3.8, 4) is 11.5 Å². The Hall–Kier alpha value is -3.26. The summed E-state index contributed by atoms with van der Waals surface area (Å²) in [5.41, 5.74) is 3.10. The minimum atomic E-state index is -0.512. The minimum absolute atomic E-state index is 0. The Kier molecular flexibility index (Phi) is 6.84. The first-order valence-corrected chi connectivity index (χ1v) is 8.15. The van der Waals surface area contributed by atoms with Crippen molar-refractivity contribution in [1.29, 1.82) is 0 Å². The first-order chi connectivity index (χ1) is 13.0. The summed E-state index contributed by atoms with van der Waals surface area (Å²) in [6, 6.07) is 9.17. The maximum Gasteiger partial charge on any atom is 0.411 e. The molecule has 0 fully saturated rings.